The van der Waals surface area contributed by atoms with Gasteiger partial charge in [0.1, 0.15) is 5.25 Å². The quantitative estimate of drug-likeness (QED) is 0.786. The van der Waals surface area contributed by atoms with Gasteiger partial charge in [0, 0.05) is 12.3 Å². The molecule has 0 unspecified atom stereocenters. The third-order valence-electron chi connectivity index (χ3n) is 2.96. The Morgan fingerprint density at radius 1 is 1.27 bits per heavy atom. The molecule has 1 atom stereocenters. The number of nitrogens with one attached hydrogen (secondary N) is 1. The van der Waals surface area contributed by atoms with E-state index in [9.17, 15) is 13.2 Å². The molecule has 15 heavy (non-hydrogen) atoms. The lowest BCUT2D eigenvalue weighted by Crippen LogP contribution is -2.43. The largest absolute Gasteiger partial charge is 0.352 e. The molecule has 0 aliphatic heterocycles. The molecular weight excluding hydrogens is 214 g/mol. The number of rotatable bonds is 3. The molecule has 1 rings (SSSR count). The highest BCUT2D eigenvalue weighted by molar-refractivity contribution is 7.92. The maximum atomic E-state index is 11.6. The van der Waals surface area contributed by atoms with Crippen molar-refractivity contribution < 1.29 is 13.2 Å². The van der Waals surface area contributed by atoms with Gasteiger partial charge in [-0.15, -0.1) is 0 Å². The second-order valence-corrected chi connectivity index (χ2v) is 6.68. The number of carbonyl (C=O) groups excluding carboxylic acids is 1. The Labute approximate surface area is 91.4 Å². The van der Waals surface area contributed by atoms with Gasteiger partial charge in [-0.25, -0.2) is 8.42 Å². The van der Waals surface area contributed by atoms with E-state index in [1.165, 1.54) is 13.3 Å². The maximum absolute atomic E-state index is 11.6. The van der Waals surface area contributed by atoms with Crippen LogP contribution in [0.3, 0.4) is 0 Å². The summed E-state index contributed by atoms with van der Waals surface area (Å²) in [5.74, 6) is -0.357. The van der Waals surface area contributed by atoms with E-state index < -0.39 is 15.1 Å². The molecule has 0 saturated heterocycles. The Morgan fingerprint density at radius 2 is 1.80 bits per heavy atom. The molecular formula is C10H19NO3S. The summed E-state index contributed by atoms with van der Waals surface area (Å²) < 4.78 is 22.3. The third-order valence-corrected chi connectivity index (χ3v) is 4.46. The molecule has 0 radical (unpaired) electrons. The van der Waals surface area contributed by atoms with Crippen LogP contribution >= 0.6 is 0 Å². The van der Waals surface area contributed by atoms with Crippen LogP contribution in [0.15, 0.2) is 0 Å². The van der Waals surface area contributed by atoms with Crippen molar-refractivity contribution >= 4 is 15.7 Å². The van der Waals surface area contributed by atoms with E-state index in [4.69, 9.17) is 0 Å². The summed E-state index contributed by atoms with van der Waals surface area (Å²) >= 11 is 0. The van der Waals surface area contributed by atoms with Crippen LogP contribution in [-0.4, -0.2) is 31.9 Å². The van der Waals surface area contributed by atoms with E-state index in [1.807, 2.05) is 0 Å². The Morgan fingerprint density at radius 3 is 2.27 bits per heavy atom. The fourth-order valence-electron chi connectivity index (χ4n) is 1.76. The molecule has 1 aliphatic carbocycles. The molecule has 5 heteroatoms. The normalized spacial score (nSPS) is 20.9. The zero-order chi connectivity index (χ0) is 11.5. The van der Waals surface area contributed by atoms with Crippen molar-refractivity contribution in [2.75, 3.05) is 6.26 Å². The highest BCUT2D eigenvalue weighted by Gasteiger charge is 2.25. The van der Waals surface area contributed by atoms with Gasteiger partial charge in [0.2, 0.25) is 5.91 Å². The highest BCUT2D eigenvalue weighted by atomic mass is 32.2. The van der Waals surface area contributed by atoms with Gasteiger partial charge in [-0.05, 0) is 19.8 Å². The smallest absolute Gasteiger partial charge is 0.238 e. The summed E-state index contributed by atoms with van der Waals surface area (Å²) in [5, 5.41) is 1.88. The lowest BCUT2D eigenvalue weighted by molar-refractivity contribution is -0.121. The summed E-state index contributed by atoms with van der Waals surface area (Å²) in [5.41, 5.74) is 0. The molecule has 0 heterocycles. The van der Waals surface area contributed by atoms with Gasteiger partial charge in [0.15, 0.2) is 9.84 Å². The summed E-state index contributed by atoms with van der Waals surface area (Å²) in [7, 11) is -3.26. The average molecular weight is 233 g/mol. The van der Waals surface area contributed by atoms with Gasteiger partial charge in [-0.1, -0.05) is 19.3 Å². The van der Waals surface area contributed by atoms with Crippen LogP contribution in [0, 0.1) is 0 Å². The summed E-state index contributed by atoms with van der Waals surface area (Å²) in [6, 6.07) is 0.176. The topological polar surface area (TPSA) is 63.2 Å². The molecule has 0 bridgehead atoms. The predicted molar refractivity (Wildman–Crippen MR) is 59.3 cm³/mol. The van der Waals surface area contributed by atoms with Gasteiger partial charge < -0.3 is 5.32 Å². The van der Waals surface area contributed by atoms with Gasteiger partial charge in [0.05, 0.1) is 0 Å². The fourth-order valence-corrected chi connectivity index (χ4v) is 2.22. The van der Waals surface area contributed by atoms with Gasteiger partial charge in [0.25, 0.3) is 0 Å². The minimum atomic E-state index is -3.26. The first-order chi connectivity index (χ1) is 6.91. The predicted octanol–water partition coefficient (Wildman–Crippen LogP) is 0.868. The van der Waals surface area contributed by atoms with Crippen molar-refractivity contribution in [2.24, 2.45) is 0 Å². The van der Waals surface area contributed by atoms with E-state index in [0.717, 1.165) is 31.9 Å². The lowest BCUT2D eigenvalue weighted by atomic mass is 9.95. The molecule has 1 saturated carbocycles. The average Bonchev–Trinajstić information content (AvgIpc) is 2.16. The van der Waals surface area contributed by atoms with Crippen molar-refractivity contribution in [2.45, 2.75) is 50.3 Å². The van der Waals surface area contributed by atoms with Crippen molar-refractivity contribution in [3.8, 4) is 0 Å². The van der Waals surface area contributed by atoms with Gasteiger partial charge in [-0.3, -0.25) is 4.79 Å². The van der Waals surface area contributed by atoms with Crippen molar-refractivity contribution in [3.63, 3.8) is 0 Å². The van der Waals surface area contributed by atoms with Crippen LogP contribution in [0.5, 0.6) is 0 Å². The Hall–Kier alpha value is -0.580. The van der Waals surface area contributed by atoms with E-state index >= 15 is 0 Å². The Bertz CT molecular complexity index is 318. The molecule has 0 aromatic heterocycles. The SMILES string of the molecule is C[C@@H](C(=O)NC1CCCCC1)S(C)(=O)=O. The van der Waals surface area contributed by atoms with Crippen LogP contribution in [0.1, 0.15) is 39.0 Å². The van der Waals surface area contributed by atoms with E-state index in [2.05, 4.69) is 5.32 Å². The molecule has 0 aromatic carbocycles. The molecule has 88 valence electrons. The van der Waals surface area contributed by atoms with Gasteiger partial charge in [-0.2, -0.15) is 0 Å². The first-order valence-electron chi connectivity index (χ1n) is 5.40. The first kappa shape index (κ1) is 12.5. The van der Waals surface area contributed by atoms with Crippen molar-refractivity contribution in [1.29, 1.82) is 0 Å². The number of carbonyl (C=O) groups is 1. The molecule has 1 aliphatic rings. The monoisotopic (exact) mass is 233 g/mol. The van der Waals surface area contributed by atoms with Crippen LogP contribution < -0.4 is 5.32 Å². The van der Waals surface area contributed by atoms with E-state index in [-0.39, 0.29) is 11.9 Å². The zero-order valence-corrected chi connectivity index (χ0v) is 10.1. The second kappa shape index (κ2) is 4.96. The van der Waals surface area contributed by atoms with Crippen molar-refractivity contribution in [3.05, 3.63) is 0 Å². The fraction of sp³-hybridized carbons (Fsp3) is 0.900. The number of hydrogen-bond donors (Lipinski definition) is 1. The Kier molecular flexibility index (Phi) is 4.13. The number of sulfone groups is 1. The first-order valence-corrected chi connectivity index (χ1v) is 7.36. The minimum absolute atomic E-state index is 0.176. The maximum Gasteiger partial charge on any atom is 0.238 e. The third kappa shape index (κ3) is 3.81. The summed E-state index contributed by atoms with van der Waals surface area (Å²) in [4.78, 5) is 11.6. The number of hydrogen-bond acceptors (Lipinski definition) is 3. The minimum Gasteiger partial charge on any atom is -0.352 e. The molecule has 1 N–H and O–H groups in total. The van der Waals surface area contributed by atoms with Crippen LogP contribution in [0.25, 0.3) is 0 Å². The van der Waals surface area contributed by atoms with Gasteiger partial charge >= 0.3 is 0 Å². The molecule has 4 nitrogen and oxygen atoms in total. The summed E-state index contributed by atoms with van der Waals surface area (Å²) in [6.45, 7) is 1.44. The van der Waals surface area contributed by atoms with E-state index in [1.54, 1.807) is 0 Å². The second-order valence-electron chi connectivity index (χ2n) is 4.32. The van der Waals surface area contributed by atoms with Crippen LogP contribution in [0.2, 0.25) is 0 Å². The lowest BCUT2D eigenvalue weighted by Gasteiger charge is -2.24. The highest BCUT2D eigenvalue weighted by Crippen LogP contribution is 2.17. The molecule has 0 aromatic rings. The van der Waals surface area contributed by atoms with Crippen LogP contribution in [-0.2, 0) is 14.6 Å². The standard InChI is InChI=1S/C10H19NO3S/c1-8(15(2,13)14)10(12)11-9-6-4-3-5-7-9/h8-9H,3-7H2,1-2H3,(H,11,12)/t8-/m0/s1. The zero-order valence-electron chi connectivity index (χ0n) is 9.32. The van der Waals surface area contributed by atoms with Crippen LogP contribution in [0.4, 0.5) is 0 Å². The molecule has 1 fully saturated rings. The summed E-state index contributed by atoms with van der Waals surface area (Å²) in [6.07, 6.45) is 6.51. The number of amides is 1. The molecule has 1 amide bonds. The Balaban J connectivity index is 2.47. The van der Waals surface area contributed by atoms with Crippen molar-refractivity contribution in [1.82, 2.24) is 5.32 Å². The van der Waals surface area contributed by atoms with E-state index in [0.29, 0.717) is 0 Å². The molecule has 0 spiro atoms.